The molecular formula is C15H14N2O. The lowest BCUT2D eigenvalue weighted by molar-refractivity contribution is 0.0995. The maximum absolute atomic E-state index is 12.4. The van der Waals surface area contributed by atoms with E-state index in [0.29, 0.717) is 13.1 Å². The van der Waals surface area contributed by atoms with Crippen molar-refractivity contribution >= 4 is 22.4 Å². The molecule has 1 heterocycles. The third-order valence-electron chi connectivity index (χ3n) is 3.32. The molecule has 1 amide bonds. The first-order valence-corrected chi connectivity index (χ1v) is 5.92. The van der Waals surface area contributed by atoms with Crippen LogP contribution in [0.5, 0.6) is 0 Å². The third-order valence-corrected chi connectivity index (χ3v) is 3.32. The number of nitrogens with zero attached hydrogens (tertiary/aromatic N) is 1. The Hall–Kier alpha value is -2.13. The molecule has 0 saturated heterocycles. The van der Waals surface area contributed by atoms with Crippen LogP contribution in [0.2, 0.25) is 0 Å². The molecule has 0 bridgehead atoms. The molecule has 0 aliphatic carbocycles. The molecule has 3 heteroatoms. The second-order valence-corrected chi connectivity index (χ2v) is 4.53. The van der Waals surface area contributed by atoms with E-state index >= 15 is 0 Å². The minimum atomic E-state index is 0.0383. The topological polar surface area (TPSA) is 46.3 Å². The summed E-state index contributed by atoms with van der Waals surface area (Å²) in [4.78, 5) is 14.1. The molecule has 0 radical (unpaired) electrons. The van der Waals surface area contributed by atoms with Gasteiger partial charge in [0.1, 0.15) is 0 Å². The van der Waals surface area contributed by atoms with Gasteiger partial charge in [0.25, 0.3) is 5.91 Å². The molecule has 0 atom stereocenters. The number of nitrogens with two attached hydrogens (primary N) is 1. The summed E-state index contributed by atoms with van der Waals surface area (Å²) < 4.78 is 0. The van der Waals surface area contributed by atoms with Crippen molar-refractivity contribution in [2.24, 2.45) is 5.73 Å². The van der Waals surface area contributed by atoms with Crippen LogP contribution in [0.3, 0.4) is 0 Å². The predicted octanol–water partition coefficient (Wildman–Crippen LogP) is 2.31. The molecule has 0 unspecified atom stereocenters. The first kappa shape index (κ1) is 11.0. The van der Waals surface area contributed by atoms with E-state index in [0.717, 1.165) is 27.6 Å². The highest BCUT2D eigenvalue weighted by molar-refractivity contribution is 6.25. The highest BCUT2D eigenvalue weighted by atomic mass is 16.2. The number of carbonyl (C=O) groups excluding carboxylic acids is 1. The van der Waals surface area contributed by atoms with Crippen LogP contribution in [0, 0.1) is 0 Å². The first-order valence-electron chi connectivity index (χ1n) is 5.92. The predicted molar refractivity (Wildman–Crippen MR) is 73.8 cm³/mol. The molecule has 2 aromatic rings. The first-order chi connectivity index (χ1) is 8.72. The summed E-state index contributed by atoms with van der Waals surface area (Å²) in [6.07, 6.45) is 0. The van der Waals surface area contributed by atoms with Crippen molar-refractivity contribution in [1.82, 2.24) is 0 Å². The van der Waals surface area contributed by atoms with Gasteiger partial charge < -0.3 is 10.6 Å². The van der Waals surface area contributed by atoms with Crippen LogP contribution in [0.4, 0.5) is 5.69 Å². The van der Waals surface area contributed by atoms with Crippen LogP contribution in [-0.4, -0.2) is 19.0 Å². The van der Waals surface area contributed by atoms with E-state index in [9.17, 15) is 4.79 Å². The average Bonchev–Trinajstić information content (AvgIpc) is 2.67. The van der Waals surface area contributed by atoms with Crippen molar-refractivity contribution in [2.75, 3.05) is 18.0 Å². The van der Waals surface area contributed by atoms with Gasteiger partial charge in [0.2, 0.25) is 0 Å². The molecule has 1 aliphatic rings. The largest absolute Gasteiger partial charge is 0.327 e. The Morgan fingerprint density at radius 1 is 1.22 bits per heavy atom. The minimum Gasteiger partial charge on any atom is -0.327 e. The standard InChI is InChI=1S/C15H14N2O/c1-10(8-16)9-17-13-7-3-5-11-4-2-6-12(14(11)13)15(17)18/h2-7H,1,8-9,16H2. The second kappa shape index (κ2) is 3.96. The Morgan fingerprint density at radius 3 is 2.67 bits per heavy atom. The van der Waals surface area contributed by atoms with Crippen LogP contribution in [0.25, 0.3) is 10.8 Å². The second-order valence-electron chi connectivity index (χ2n) is 4.53. The minimum absolute atomic E-state index is 0.0383. The number of anilines is 1. The summed E-state index contributed by atoms with van der Waals surface area (Å²) in [5.74, 6) is 0.0383. The Bertz CT molecular complexity index is 655. The Morgan fingerprint density at radius 2 is 1.94 bits per heavy atom. The monoisotopic (exact) mass is 238 g/mol. The van der Waals surface area contributed by atoms with Crippen LogP contribution in [0.1, 0.15) is 10.4 Å². The third kappa shape index (κ3) is 1.45. The van der Waals surface area contributed by atoms with Gasteiger partial charge in [0, 0.05) is 24.0 Å². The molecule has 90 valence electrons. The number of hydrogen-bond acceptors (Lipinski definition) is 2. The maximum atomic E-state index is 12.4. The van der Waals surface area contributed by atoms with Gasteiger partial charge in [0.05, 0.1) is 5.69 Å². The molecule has 0 spiro atoms. The van der Waals surface area contributed by atoms with Crippen molar-refractivity contribution in [3.63, 3.8) is 0 Å². The lowest BCUT2D eigenvalue weighted by Gasteiger charge is -2.18. The summed E-state index contributed by atoms with van der Waals surface area (Å²) in [6, 6.07) is 11.8. The number of carbonyl (C=O) groups is 1. The highest BCUT2D eigenvalue weighted by Gasteiger charge is 2.29. The SMILES string of the molecule is C=C(CN)CN1C(=O)c2cccc3cccc1c23. The highest BCUT2D eigenvalue weighted by Crippen LogP contribution is 2.37. The molecule has 3 rings (SSSR count). The van der Waals surface area contributed by atoms with Crippen molar-refractivity contribution < 1.29 is 4.79 Å². The van der Waals surface area contributed by atoms with E-state index in [4.69, 9.17) is 5.73 Å². The van der Waals surface area contributed by atoms with Gasteiger partial charge in [-0.1, -0.05) is 30.8 Å². The van der Waals surface area contributed by atoms with E-state index in [1.165, 1.54) is 0 Å². The Kier molecular flexibility index (Phi) is 2.42. The number of rotatable bonds is 3. The van der Waals surface area contributed by atoms with Gasteiger partial charge in [-0.2, -0.15) is 0 Å². The fourth-order valence-electron chi connectivity index (χ4n) is 2.42. The summed E-state index contributed by atoms with van der Waals surface area (Å²) >= 11 is 0. The summed E-state index contributed by atoms with van der Waals surface area (Å²) in [7, 11) is 0. The normalized spacial score (nSPS) is 13.4. The van der Waals surface area contributed by atoms with Crippen LogP contribution >= 0.6 is 0 Å². The average molecular weight is 238 g/mol. The van der Waals surface area contributed by atoms with E-state index in [-0.39, 0.29) is 5.91 Å². The smallest absolute Gasteiger partial charge is 0.259 e. The van der Waals surface area contributed by atoms with E-state index in [2.05, 4.69) is 6.58 Å². The van der Waals surface area contributed by atoms with Gasteiger partial charge in [-0.25, -0.2) is 0 Å². The van der Waals surface area contributed by atoms with E-state index < -0.39 is 0 Å². The fourth-order valence-corrected chi connectivity index (χ4v) is 2.42. The summed E-state index contributed by atoms with van der Waals surface area (Å²) in [5, 5.41) is 2.13. The van der Waals surface area contributed by atoms with E-state index in [1.54, 1.807) is 4.90 Å². The van der Waals surface area contributed by atoms with Gasteiger partial charge >= 0.3 is 0 Å². The van der Waals surface area contributed by atoms with Gasteiger partial charge in [0.15, 0.2) is 0 Å². The van der Waals surface area contributed by atoms with Crippen LogP contribution < -0.4 is 10.6 Å². The fraction of sp³-hybridized carbons (Fsp3) is 0.133. The lowest BCUT2D eigenvalue weighted by Crippen LogP contribution is -2.30. The van der Waals surface area contributed by atoms with Crippen molar-refractivity contribution in [3.05, 3.63) is 54.1 Å². The van der Waals surface area contributed by atoms with E-state index in [1.807, 2.05) is 36.4 Å². The molecule has 0 fully saturated rings. The number of benzene rings is 2. The molecular weight excluding hydrogens is 224 g/mol. The summed E-state index contributed by atoms with van der Waals surface area (Å²) in [6.45, 7) is 4.77. The zero-order valence-corrected chi connectivity index (χ0v) is 10.0. The van der Waals surface area contributed by atoms with Crippen molar-refractivity contribution in [2.45, 2.75) is 0 Å². The molecule has 1 aliphatic heterocycles. The zero-order valence-electron chi connectivity index (χ0n) is 10.0. The molecule has 2 aromatic carbocycles. The molecule has 2 N–H and O–H groups in total. The van der Waals surface area contributed by atoms with Gasteiger partial charge in [-0.15, -0.1) is 0 Å². The van der Waals surface area contributed by atoms with Gasteiger partial charge in [-0.3, -0.25) is 4.79 Å². The molecule has 3 nitrogen and oxygen atoms in total. The van der Waals surface area contributed by atoms with Crippen molar-refractivity contribution in [1.29, 1.82) is 0 Å². The van der Waals surface area contributed by atoms with Crippen molar-refractivity contribution in [3.8, 4) is 0 Å². The summed E-state index contributed by atoms with van der Waals surface area (Å²) in [5.41, 5.74) is 8.15. The number of amides is 1. The van der Waals surface area contributed by atoms with Crippen LogP contribution in [-0.2, 0) is 0 Å². The Labute approximate surface area is 106 Å². The molecule has 0 saturated carbocycles. The Balaban J connectivity index is 2.16. The molecule has 18 heavy (non-hydrogen) atoms. The lowest BCUT2D eigenvalue weighted by atomic mass is 10.1. The quantitative estimate of drug-likeness (QED) is 0.834. The maximum Gasteiger partial charge on any atom is 0.259 e. The van der Waals surface area contributed by atoms with Gasteiger partial charge in [-0.05, 0) is 23.1 Å². The molecule has 0 aromatic heterocycles. The zero-order chi connectivity index (χ0) is 12.7. The van der Waals surface area contributed by atoms with Crippen LogP contribution in [0.15, 0.2) is 48.6 Å². The number of hydrogen-bond donors (Lipinski definition) is 1.